The predicted octanol–water partition coefficient (Wildman–Crippen LogP) is -0.958. The monoisotopic (exact) mass is 283 g/mol. The summed E-state index contributed by atoms with van der Waals surface area (Å²) >= 11 is 5.70. The number of hydrogen-bond acceptors (Lipinski definition) is 0. The molecular formula is C8H11ClIN. The first-order valence-corrected chi connectivity index (χ1v) is 3.85. The van der Waals surface area contributed by atoms with Gasteiger partial charge in [0.2, 0.25) is 0 Å². The summed E-state index contributed by atoms with van der Waals surface area (Å²) in [6.45, 7) is 3.22. The Hall–Kier alpha value is 0.170. The van der Waals surface area contributed by atoms with Gasteiger partial charge in [-0.25, -0.2) is 4.57 Å². The number of rotatable bonds is 2. The first-order valence-electron chi connectivity index (χ1n) is 3.47. The van der Waals surface area contributed by atoms with Crippen LogP contribution in [0.5, 0.6) is 0 Å². The fourth-order valence-electron chi connectivity index (χ4n) is 0.846. The minimum Gasteiger partial charge on any atom is -1.00 e. The van der Waals surface area contributed by atoms with Crippen molar-refractivity contribution < 1.29 is 28.5 Å². The molecule has 0 fully saturated rings. The maximum Gasteiger partial charge on any atom is 0.170 e. The van der Waals surface area contributed by atoms with Crippen molar-refractivity contribution in [2.24, 2.45) is 0 Å². The van der Waals surface area contributed by atoms with E-state index >= 15 is 0 Å². The van der Waals surface area contributed by atoms with Crippen LogP contribution in [0.1, 0.15) is 13.3 Å². The molecule has 0 aliphatic heterocycles. The Kier molecular flexibility index (Phi) is 5.86. The lowest BCUT2D eigenvalue weighted by atomic mass is 10.4. The van der Waals surface area contributed by atoms with E-state index in [0.29, 0.717) is 0 Å². The third-order valence-electron chi connectivity index (χ3n) is 1.33. The molecular weight excluding hydrogens is 272 g/mol. The third kappa shape index (κ3) is 3.91. The van der Waals surface area contributed by atoms with E-state index in [0.717, 1.165) is 18.0 Å². The largest absolute Gasteiger partial charge is 1.00 e. The van der Waals surface area contributed by atoms with Crippen molar-refractivity contribution in [3.05, 3.63) is 29.5 Å². The van der Waals surface area contributed by atoms with E-state index in [2.05, 4.69) is 11.5 Å². The van der Waals surface area contributed by atoms with Gasteiger partial charge in [0.1, 0.15) is 6.54 Å². The van der Waals surface area contributed by atoms with Crippen molar-refractivity contribution >= 4 is 11.6 Å². The van der Waals surface area contributed by atoms with Crippen molar-refractivity contribution in [3.8, 4) is 0 Å². The summed E-state index contributed by atoms with van der Waals surface area (Å²) in [6, 6.07) is 3.80. The fraction of sp³-hybridized carbons (Fsp3) is 0.375. The highest BCUT2D eigenvalue weighted by molar-refractivity contribution is 6.30. The number of nitrogens with zero attached hydrogens (tertiary/aromatic N) is 1. The molecule has 1 aromatic heterocycles. The molecule has 1 nitrogen and oxygen atoms in total. The molecule has 0 atom stereocenters. The zero-order chi connectivity index (χ0) is 7.40. The summed E-state index contributed by atoms with van der Waals surface area (Å²) in [6.07, 6.45) is 5.14. The van der Waals surface area contributed by atoms with Gasteiger partial charge in [-0.15, -0.1) is 0 Å². The zero-order valence-corrected chi connectivity index (χ0v) is 9.34. The summed E-state index contributed by atoms with van der Waals surface area (Å²) in [4.78, 5) is 0. The van der Waals surface area contributed by atoms with Crippen LogP contribution < -0.4 is 28.5 Å². The van der Waals surface area contributed by atoms with Crippen LogP contribution in [0.4, 0.5) is 0 Å². The summed E-state index contributed by atoms with van der Waals surface area (Å²) in [5.41, 5.74) is 0. The molecule has 0 saturated heterocycles. The molecule has 0 bridgehead atoms. The third-order valence-corrected chi connectivity index (χ3v) is 1.58. The standard InChI is InChI=1S/C8H11ClN.HI/c1-2-5-10-6-3-8(9)4-7-10;/h3-4,6-7H,2,5H2,1H3;1H/q+1;/p-1. The molecule has 0 radical (unpaired) electrons. The average molecular weight is 284 g/mol. The Morgan fingerprint density at radius 3 is 2.36 bits per heavy atom. The first-order chi connectivity index (χ1) is 4.83. The minimum atomic E-state index is 0. The molecule has 0 unspecified atom stereocenters. The van der Waals surface area contributed by atoms with Gasteiger partial charge in [0.05, 0.1) is 5.02 Å². The Balaban J connectivity index is 0.000001000. The summed E-state index contributed by atoms with van der Waals surface area (Å²) in [5, 5.41) is 0.798. The molecule has 62 valence electrons. The van der Waals surface area contributed by atoms with Crippen LogP contribution in [-0.4, -0.2) is 0 Å². The lowest BCUT2D eigenvalue weighted by Crippen LogP contribution is -3.00. The lowest BCUT2D eigenvalue weighted by molar-refractivity contribution is -0.697. The van der Waals surface area contributed by atoms with E-state index in [9.17, 15) is 0 Å². The highest BCUT2D eigenvalue weighted by Gasteiger charge is 1.95. The minimum absolute atomic E-state index is 0. The van der Waals surface area contributed by atoms with Crippen LogP contribution in [0.15, 0.2) is 24.5 Å². The van der Waals surface area contributed by atoms with Gasteiger partial charge in [-0.3, -0.25) is 0 Å². The van der Waals surface area contributed by atoms with Gasteiger partial charge in [0.15, 0.2) is 12.4 Å². The second kappa shape index (κ2) is 5.77. The lowest BCUT2D eigenvalue weighted by Gasteiger charge is -1.91. The number of aromatic nitrogens is 1. The summed E-state index contributed by atoms with van der Waals surface area (Å²) in [7, 11) is 0. The van der Waals surface area contributed by atoms with Gasteiger partial charge in [-0.2, -0.15) is 0 Å². The second-order valence-electron chi connectivity index (χ2n) is 2.25. The smallest absolute Gasteiger partial charge is 0.170 e. The number of halogens is 2. The van der Waals surface area contributed by atoms with E-state index in [1.165, 1.54) is 0 Å². The Labute approximate surface area is 89.4 Å². The van der Waals surface area contributed by atoms with Crippen LogP contribution in [0, 0.1) is 0 Å². The first kappa shape index (κ1) is 11.2. The molecule has 0 spiro atoms. The fourth-order valence-corrected chi connectivity index (χ4v) is 0.959. The van der Waals surface area contributed by atoms with Crippen LogP contribution >= 0.6 is 11.6 Å². The van der Waals surface area contributed by atoms with E-state index in [1.54, 1.807) is 0 Å². The van der Waals surface area contributed by atoms with Gasteiger partial charge in [-0.1, -0.05) is 18.5 Å². The molecule has 0 aliphatic carbocycles. The molecule has 0 aliphatic rings. The molecule has 3 heteroatoms. The SMILES string of the molecule is CCC[n+]1ccc(Cl)cc1.[I-]. The molecule has 1 aromatic rings. The van der Waals surface area contributed by atoms with Crippen LogP contribution in [0.3, 0.4) is 0 Å². The molecule has 0 aromatic carbocycles. The van der Waals surface area contributed by atoms with Crippen LogP contribution in [0.2, 0.25) is 5.02 Å². The molecule has 0 amide bonds. The topological polar surface area (TPSA) is 3.88 Å². The Bertz CT molecular complexity index is 198. The quantitative estimate of drug-likeness (QED) is 0.486. The second-order valence-corrected chi connectivity index (χ2v) is 2.69. The zero-order valence-electron chi connectivity index (χ0n) is 6.43. The van der Waals surface area contributed by atoms with Gasteiger partial charge in [0.25, 0.3) is 0 Å². The van der Waals surface area contributed by atoms with Crippen molar-refractivity contribution in [2.45, 2.75) is 19.9 Å². The van der Waals surface area contributed by atoms with E-state index in [4.69, 9.17) is 11.6 Å². The number of hydrogen-bond donors (Lipinski definition) is 0. The summed E-state index contributed by atoms with van der Waals surface area (Å²) in [5.74, 6) is 0. The van der Waals surface area contributed by atoms with Crippen LogP contribution in [-0.2, 0) is 6.54 Å². The predicted molar refractivity (Wildman–Crippen MR) is 41.9 cm³/mol. The Morgan fingerprint density at radius 2 is 1.91 bits per heavy atom. The Morgan fingerprint density at radius 1 is 1.36 bits per heavy atom. The van der Waals surface area contributed by atoms with Crippen molar-refractivity contribution in [3.63, 3.8) is 0 Å². The highest BCUT2D eigenvalue weighted by Crippen LogP contribution is 2.01. The highest BCUT2D eigenvalue weighted by atomic mass is 127. The normalized spacial score (nSPS) is 8.91. The molecule has 1 heterocycles. The average Bonchev–Trinajstić information content (AvgIpc) is 1.95. The van der Waals surface area contributed by atoms with E-state index < -0.39 is 0 Å². The van der Waals surface area contributed by atoms with Crippen molar-refractivity contribution in [1.29, 1.82) is 0 Å². The molecule has 1 rings (SSSR count). The number of aryl methyl sites for hydroxylation is 1. The van der Waals surface area contributed by atoms with Gasteiger partial charge in [-0.05, 0) is 0 Å². The molecule has 11 heavy (non-hydrogen) atoms. The maximum atomic E-state index is 5.70. The summed E-state index contributed by atoms with van der Waals surface area (Å²) < 4.78 is 2.12. The van der Waals surface area contributed by atoms with E-state index in [-0.39, 0.29) is 24.0 Å². The van der Waals surface area contributed by atoms with Gasteiger partial charge < -0.3 is 24.0 Å². The van der Waals surface area contributed by atoms with Gasteiger partial charge in [0, 0.05) is 18.6 Å². The molecule has 0 N–H and O–H groups in total. The van der Waals surface area contributed by atoms with E-state index in [1.807, 2.05) is 24.5 Å². The van der Waals surface area contributed by atoms with Crippen molar-refractivity contribution in [1.82, 2.24) is 0 Å². The molecule has 0 saturated carbocycles. The van der Waals surface area contributed by atoms with Crippen LogP contribution in [0.25, 0.3) is 0 Å². The number of pyridine rings is 1. The maximum absolute atomic E-state index is 5.70. The van der Waals surface area contributed by atoms with Crippen molar-refractivity contribution in [2.75, 3.05) is 0 Å². The van der Waals surface area contributed by atoms with Gasteiger partial charge >= 0.3 is 0 Å².